The maximum Gasteiger partial charge on any atom is 0.410 e. The van der Waals surface area contributed by atoms with Gasteiger partial charge >= 0.3 is 6.09 Å². The zero-order valence-corrected chi connectivity index (χ0v) is 16.1. The highest BCUT2D eigenvalue weighted by atomic mass is 35.5. The molecule has 5 heteroatoms. The number of hydrogen-bond acceptors (Lipinski definition) is 3. The smallest absolute Gasteiger partial charge is 0.410 e. The summed E-state index contributed by atoms with van der Waals surface area (Å²) in [7, 11) is 0. The molecule has 0 unspecified atom stereocenters. The van der Waals surface area contributed by atoms with E-state index >= 15 is 0 Å². The standard InChI is InChI=1S/C21H23ClN2O2/c1-21(2,3)26-20(25)24(13-7-12-23)15-16-10-11-18(19(22)14-16)17-8-5-4-6-9-17/h4-6,8-11,14H,7,13,15H2,1-3H3. The van der Waals surface area contributed by atoms with Crippen LogP contribution in [0.2, 0.25) is 5.02 Å². The van der Waals surface area contributed by atoms with Crippen LogP contribution in [0.4, 0.5) is 4.79 Å². The Bertz CT molecular complexity index is 792. The lowest BCUT2D eigenvalue weighted by molar-refractivity contribution is 0.0238. The number of rotatable bonds is 5. The third-order valence-corrected chi connectivity index (χ3v) is 3.95. The fourth-order valence-electron chi connectivity index (χ4n) is 2.48. The minimum atomic E-state index is -0.587. The van der Waals surface area contributed by atoms with Gasteiger partial charge in [-0.2, -0.15) is 5.26 Å². The molecule has 0 fully saturated rings. The summed E-state index contributed by atoms with van der Waals surface area (Å²) in [5.41, 5.74) is 2.28. The summed E-state index contributed by atoms with van der Waals surface area (Å²) in [5.74, 6) is 0. The van der Waals surface area contributed by atoms with Gasteiger partial charge in [0, 0.05) is 23.7 Å². The van der Waals surface area contributed by atoms with E-state index in [9.17, 15) is 4.79 Å². The zero-order valence-electron chi connectivity index (χ0n) is 15.3. The normalized spacial score (nSPS) is 10.9. The number of halogens is 1. The molecule has 4 nitrogen and oxygen atoms in total. The Morgan fingerprint density at radius 1 is 1.19 bits per heavy atom. The third kappa shape index (κ3) is 5.79. The van der Waals surface area contributed by atoms with Crippen molar-refractivity contribution in [2.45, 2.75) is 39.3 Å². The summed E-state index contributed by atoms with van der Waals surface area (Å²) < 4.78 is 5.44. The second-order valence-corrected chi connectivity index (χ2v) is 7.40. The highest BCUT2D eigenvalue weighted by molar-refractivity contribution is 6.33. The van der Waals surface area contributed by atoms with Gasteiger partial charge in [0.1, 0.15) is 5.60 Å². The lowest BCUT2D eigenvalue weighted by atomic mass is 10.0. The zero-order chi connectivity index (χ0) is 19.2. The minimum absolute atomic E-state index is 0.245. The van der Waals surface area contributed by atoms with Crippen LogP contribution >= 0.6 is 11.6 Å². The predicted octanol–water partition coefficient (Wildman–Crippen LogP) is 5.66. The van der Waals surface area contributed by atoms with Gasteiger partial charge in [0.2, 0.25) is 0 Å². The number of nitrogens with zero attached hydrogens (tertiary/aromatic N) is 2. The van der Waals surface area contributed by atoms with Gasteiger partial charge in [-0.3, -0.25) is 0 Å². The maximum atomic E-state index is 12.4. The minimum Gasteiger partial charge on any atom is -0.444 e. The van der Waals surface area contributed by atoms with Crippen LogP contribution < -0.4 is 0 Å². The molecule has 0 saturated carbocycles. The molecule has 0 aromatic heterocycles. The molecule has 0 bridgehead atoms. The molecule has 0 heterocycles. The maximum absolute atomic E-state index is 12.4. The molecular formula is C21H23ClN2O2. The van der Waals surface area contributed by atoms with Gasteiger partial charge in [0.25, 0.3) is 0 Å². The number of hydrogen-bond donors (Lipinski definition) is 0. The van der Waals surface area contributed by atoms with Gasteiger partial charge in [-0.05, 0) is 38.0 Å². The van der Waals surface area contributed by atoms with Gasteiger partial charge in [-0.1, -0.05) is 54.1 Å². The molecular weight excluding hydrogens is 348 g/mol. The molecule has 136 valence electrons. The Labute approximate surface area is 160 Å². The Hall–Kier alpha value is -2.51. The largest absolute Gasteiger partial charge is 0.444 e. The molecule has 0 aliphatic heterocycles. The lowest BCUT2D eigenvalue weighted by Gasteiger charge is -2.27. The van der Waals surface area contributed by atoms with E-state index in [0.29, 0.717) is 18.1 Å². The number of amides is 1. The van der Waals surface area contributed by atoms with Crippen LogP contribution in [0.5, 0.6) is 0 Å². The monoisotopic (exact) mass is 370 g/mol. The van der Waals surface area contributed by atoms with Crippen molar-refractivity contribution in [2.75, 3.05) is 6.54 Å². The fraction of sp³-hybridized carbons (Fsp3) is 0.333. The third-order valence-electron chi connectivity index (χ3n) is 3.64. The average Bonchev–Trinajstić information content (AvgIpc) is 2.58. The first-order valence-electron chi connectivity index (χ1n) is 8.49. The van der Waals surface area contributed by atoms with Gasteiger partial charge in [-0.15, -0.1) is 0 Å². The van der Waals surface area contributed by atoms with Crippen molar-refractivity contribution in [3.05, 3.63) is 59.1 Å². The summed E-state index contributed by atoms with van der Waals surface area (Å²) in [6, 6.07) is 17.7. The van der Waals surface area contributed by atoms with Gasteiger partial charge < -0.3 is 9.64 Å². The summed E-state index contributed by atoms with van der Waals surface area (Å²) in [4.78, 5) is 13.9. The van der Waals surface area contributed by atoms with Gasteiger partial charge in [0.05, 0.1) is 12.5 Å². The van der Waals surface area contributed by atoms with Crippen LogP contribution in [0.15, 0.2) is 48.5 Å². The van der Waals surface area contributed by atoms with Crippen molar-refractivity contribution in [3.63, 3.8) is 0 Å². The topological polar surface area (TPSA) is 53.3 Å². The lowest BCUT2D eigenvalue weighted by Crippen LogP contribution is -2.37. The molecule has 2 aromatic carbocycles. The predicted molar refractivity (Wildman–Crippen MR) is 104 cm³/mol. The molecule has 0 N–H and O–H groups in total. The Morgan fingerprint density at radius 2 is 1.88 bits per heavy atom. The van der Waals surface area contributed by atoms with Crippen LogP contribution in [-0.2, 0) is 11.3 Å². The van der Waals surface area contributed by atoms with Gasteiger partial charge in [0.15, 0.2) is 0 Å². The first-order valence-corrected chi connectivity index (χ1v) is 8.86. The Morgan fingerprint density at radius 3 is 2.46 bits per heavy atom. The average molecular weight is 371 g/mol. The van der Waals surface area contributed by atoms with Crippen molar-refractivity contribution in [1.82, 2.24) is 4.90 Å². The highest BCUT2D eigenvalue weighted by Gasteiger charge is 2.22. The molecule has 0 aliphatic carbocycles. The molecule has 26 heavy (non-hydrogen) atoms. The first-order chi connectivity index (χ1) is 12.3. The Balaban J connectivity index is 2.19. The van der Waals surface area contributed by atoms with E-state index in [1.807, 2.05) is 69.3 Å². The molecule has 2 aromatic rings. The molecule has 0 spiro atoms. The SMILES string of the molecule is CC(C)(C)OC(=O)N(CCC#N)Cc1ccc(-c2ccccc2)c(Cl)c1. The van der Waals surface area contributed by atoms with E-state index in [1.54, 1.807) is 0 Å². The van der Waals surface area contributed by atoms with Crippen LogP contribution in [0.1, 0.15) is 32.8 Å². The van der Waals surface area contributed by atoms with Crippen LogP contribution in [0.25, 0.3) is 11.1 Å². The second-order valence-electron chi connectivity index (χ2n) is 6.99. The van der Waals surface area contributed by atoms with E-state index < -0.39 is 11.7 Å². The molecule has 2 rings (SSSR count). The molecule has 0 saturated heterocycles. The molecule has 0 radical (unpaired) electrons. The molecule has 0 atom stereocenters. The highest BCUT2D eigenvalue weighted by Crippen LogP contribution is 2.29. The van der Waals surface area contributed by atoms with Crippen molar-refractivity contribution in [2.24, 2.45) is 0 Å². The van der Waals surface area contributed by atoms with E-state index in [2.05, 4.69) is 6.07 Å². The van der Waals surface area contributed by atoms with Crippen molar-refractivity contribution < 1.29 is 9.53 Å². The van der Waals surface area contributed by atoms with E-state index in [-0.39, 0.29) is 6.42 Å². The number of carbonyl (C=O) groups excluding carboxylic acids is 1. The van der Waals surface area contributed by atoms with Crippen LogP contribution in [0.3, 0.4) is 0 Å². The van der Waals surface area contributed by atoms with Crippen molar-refractivity contribution >= 4 is 17.7 Å². The number of benzene rings is 2. The summed E-state index contributed by atoms with van der Waals surface area (Å²) in [5, 5.41) is 9.48. The van der Waals surface area contributed by atoms with E-state index in [1.165, 1.54) is 4.90 Å². The van der Waals surface area contributed by atoms with Crippen LogP contribution in [-0.4, -0.2) is 23.1 Å². The molecule has 0 aliphatic rings. The first kappa shape index (κ1) is 19.8. The number of nitriles is 1. The van der Waals surface area contributed by atoms with Gasteiger partial charge in [-0.25, -0.2) is 4.79 Å². The Kier molecular flexibility index (Phi) is 6.65. The summed E-state index contributed by atoms with van der Waals surface area (Å²) in [6.07, 6.45) is -0.189. The second kappa shape index (κ2) is 8.73. The van der Waals surface area contributed by atoms with Crippen LogP contribution in [0, 0.1) is 11.3 Å². The van der Waals surface area contributed by atoms with Crippen molar-refractivity contribution in [1.29, 1.82) is 5.26 Å². The number of ether oxygens (including phenoxy) is 1. The quantitative estimate of drug-likeness (QED) is 0.682. The summed E-state index contributed by atoms with van der Waals surface area (Å²) in [6.45, 7) is 6.10. The fourth-order valence-corrected chi connectivity index (χ4v) is 2.79. The number of carbonyl (C=O) groups is 1. The van der Waals surface area contributed by atoms with E-state index in [0.717, 1.165) is 16.7 Å². The molecule has 1 amide bonds. The van der Waals surface area contributed by atoms with E-state index in [4.69, 9.17) is 21.6 Å². The van der Waals surface area contributed by atoms with Crippen molar-refractivity contribution in [3.8, 4) is 17.2 Å². The summed E-state index contributed by atoms with van der Waals surface area (Å²) >= 11 is 6.45.